The Morgan fingerprint density at radius 3 is 2.91 bits per heavy atom. The van der Waals surface area contributed by atoms with Gasteiger partial charge in [-0.2, -0.15) is 0 Å². The maximum atomic E-state index is 13.5. The van der Waals surface area contributed by atoms with Crippen molar-refractivity contribution in [3.8, 4) is 0 Å². The van der Waals surface area contributed by atoms with Crippen LogP contribution in [0.25, 0.3) is 11.0 Å². The lowest BCUT2D eigenvalue weighted by Crippen LogP contribution is -2.55. The van der Waals surface area contributed by atoms with Gasteiger partial charge >= 0.3 is 0 Å². The van der Waals surface area contributed by atoms with E-state index >= 15 is 0 Å². The number of likely N-dealkylation sites (tertiary alicyclic amines) is 1. The molecule has 11 nitrogen and oxygen atoms in total. The van der Waals surface area contributed by atoms with Crippen LogP contribution >= 0.6 is 0 Å². The van der Waals surface area contributed by atoms with E-state index in [0.29, 0.717) is 24.8 Å². The zero-order valence-corrected chi connectivity index (χ0v) is 17.7. The monoisotopic (exact) mass is 442 g/mol. The molecule has 3 fully saturated rings. The Morgan fingerprint density at radius 2 is 2.12 bits per heavy atom. The topological polar surface area (TPSA) is 139 Å². The molecule has 3 amide bonds. The van der Waals surface area contributed by atoms with Gasteiger partial charge < -0.3 is 25.4 Å². The fourth-order valence-electron chi connectivity index (χ4n) is 5.69. The van der Waals surface area contributed by atoms with E-state index in [-0.39, 0.29) is 43.6 Å². The summed E-state index contributed by atoms with van der Waals surface area (Å²) in [6.45, 7) is 0.191. The number of aliphatic hydroxyl groups is 1. The SMILES string of the molecule is CNC(=O)[C@@H]1[C@@H]2CCC3(O2)C(C(=O)NCn2nnc4ccccc42)N(CCCO)C(=O)[C@H]13. The molecule has 2 unspecified atom stereocenters. The number of aliphatic hydroxyl groups excluding tert-OH is 1. The van der Waals surface area contributed by atoms with Crippen LogP contribution in [0.1, 0.15) is 19.3 Å². The molecule has 2 bridgehead atoms. The van der Waals surface area contributed by atoms with Crippen molar-refractivity contribution < 1.29 is 24.2 Å². The van der Waals surface area contributed by atoms with Gasteiger partial charge in [0.1, 0.15) is 23.8 Å². The number of para-hydroxylation sites is 1. The molecule has 170 valence electrons. The van der Waals surface area contributed by atoms with Gasteiger partial charge in [-0.25, -0.2) is 4.68 Å². The van der Waals surface area contributed by atoms with E-state index in [2.05, 4.69) is 20.9 Å². The van der Waals surface area contributed by atoms with E-state index in [4.69, 9.17) is 4.74 Å². The Morgan fingerprint density at radius 1 is 1.31 bits per heavy atom. The van der Waals surface area contributed by atoms with Crippen LogP contribution in [-0.4, -0.2) is 80.7 Å². The van der Waals surface area contributed by atoms with Gasteiger partial charge in [-0.1, -0.05) is 17.3 Å². The minimum absolute atomic E-state index is 0.0843. The van der Waals surface area contributed by atoms with Crippen molar-refractivity contribution in [2.75, 3.05) is 20.2 Å². The zero-order chi connectivity index (χ0) is 22.5. The molecule has 1 spiro atoms. The second-order valence-electron chi connectivity index (χ2n) is 8.56. The molecule has 32 heavy (non-hydrogen) atoms. The Hall–Kier alpha value is -3.05. The van der Waals surface area contributed by atoms with E-state index in [1.165, 1.54) is 11.9 Å². The Balaban J connectivity index is 1.43. The number of hydrogen-bond donors (Lipinski definition) is 3. The molecule has 1 aromatic carbocycles. The number of amides is 3. The van der Waals surface area contributed by atoms with Crippen LogP contribution in [0.2, 0.25) is 0 Å². The number of nitrogens with one attached hydrogen (secondary N) is 2. The van der Waals surface area contributed by atoms with E-state index < -0.39 is 23.5 Å². The molecule has 3 N–H and O–H groups in total. The molecule has 4 heterocycles. The largest absolute Gasteiger partial charge is 0.396 e. The van der Waals surface area contributed by atoms with Crippen LogP contribution in [0.5, 0.6) is 0 Å². The second kappa shape index (κ2) is 7.82. The lowest BCUT2D eigenvalue weighted by atomic mass is 9.70. The Labute approximate surface area is 184 Å². The third-order valence-corrected chi connectivity index (χ3v) is 6.98. The molecular weight excluding hydrogens is 416 g/mol. The number of nitrogens with zero attached hydrogens (tertiary/aromatic N) is 4. The molecule has 0 saturated carbocycles. The number of carbonyl (C=O) groups excluding carboxylic acids is 3. The first-order valence-electron chi connectivity index (χ1n) is 10.9. The molecule has 1 aromatic heterocycles. The maximum Gasteiger partial charge on any atom is 0.247 e. The summed E-state index contributed by atoms with van der Waals surface area (Å²) in [5, 5.41) is 23.0. The first kappa shape index (κ1) is 20.8. The maximum absolute atomic E-state index is 13.5. The molecule has 0 radical (unpaired) electrons. The summed E-state index contributed by atoms with van der Waals surface area (Å²) < 4.78 is 7.84. The van der Waals surface area contributed by atoms with Crippen LogP contribution in [0.3, 0.4) is 0 Å². The number of benzene rings is 1. The summed E-state index contributed by atoms with van der Waals surface area (Å²) in [4.78, 5) is 40.9. The molecular formula is C21H26N6O5. The van der Waals surface area contributed by atoms with Gasteiger partial charge in [0.05, 0.1) is 23.5 Å². The Kier molecular flexibility index (Phi) is 5.09. The van der Waals surface area contributed by atoms with Crippen molar-refractivity contribution in [1.82, 2.24) is 30.5 Å². The van der Waals surface area contributed by atoms with E-state index in [9.17, 15) is 19.5 Å². The standard InChI is InChI=1S/C21H26N6O5/c1-22-18(29)15-14-7-8-21(32-14)16(15)20(31)26(9-4-10-28)17(21)19(30)23-11-27-13-6-3-2-5-12(13)24-25-27/h2-3,5-6,14-17,28H,4,7-11H2,1H3,(H,22,29)(H,23,30)/t14-,15+,16-,17?,21?/m0/s1. The Bertz CT molecular complexity index is 1070. The van der Waals surface area contributed by atoms with Gasteiger partial charge in [-0.05, 0) is 31.4 Å². The highest BCUT2D eigenvalue weighted by molar-refractivity contribution is 5.98. The summed E-state index contributed by atoms with van der Waals surface area (Å²) in [7, 11) is 1.54. The lowest BCUT2D eigenvalue weighted by Gasteiger charge is -2.33. The van der Waals surface area contributed by atoms with Crippen LogP contribution in [-0.2, 0) is 25.8 Å². The van der Waals surface area contributed by atoms with E-state index in [1.807, 2.05) is 24.3 Å². The fourth-order valence-corrected chi connectivity index (χ4v) is 5.69. The second-order valence-corrected chi connectivity index (χ2v) is 8.56. The normalized spacial score (nSPS) is 30.7. The highest BCUT2D eigenvalue weighted by Crippen LogP contribution is 2.58. The molecule has 0 aliphatic carbocycles. The number of ether oxygens (including phenoxy) is 1. The van der Waals surface area contributed by atoms with Crippen molar-refractivity contribution in [2.45, 2.75) is 43.7 Å². The van der Waals surface area contributed by atoms with Crippen molar-refractivity contribution in [3.63, 3.8) is 0 Å². The van der Waals surface area contributed by atoms with Gasteiger partial charge in [0.15, 0.2) is 0 Å². The first-order valence-corrected chi connectivity index (χ1v) is 10.9. The third-order valence-electron chi connectivity index (χ3n) is 6.98. The molecule has 5 rings (SSSR count). The lowest BCUT2D eigenvalue weighted by molar-refractivity contribution is -0.142. The van der Waals surface area contributed by atoms with Crippen LogP contribution in [0.4, 0.5) is 0 Å². The van der Waals surface area contributed by atoms with Crippen molar-refractivity contribution in [1.29, 1.82) is 0 Å². The van der Waals surface area contributed by atoms with Crippen molar-refractivity contribution in [3.05, 3.63) is 24.3 Å². The van der Waals surface area contributed by atoms with Gasteiger partial charge in [0, 0.05) is 20.2 Å². The van der Waals surface area contributed by atoms with Crippen LogP contribution in [0, 0.1) is 11.8 Å². The van der Waals surface area contributed by atoms with Crippen LogP contribution in [0.15, 0.2) is 24.3 Å². The van der Waals surface area contributed by atoms with Crippen LogP contribution < -0.4 is 10.6 Å². The predicted molar refractivity (Wildman–Crippen MR) is 111 cm³/mol. The molecule has 2 aromatic rings. The predicted octanol–water partition coefficient (Wildman–Crippen LogP) is -0.992. The fraction of sp³-hybridized carbons (Fsp3) is 0.571. The van der Waals surface area contributed by atoms with Gasteiger partial charge in [-0.3, -0.25) is 14.4 Å². The highest BCUT2D eigenvalue weighted by Gasteiger charge is 2.74. The van der Waals surface area contributed by atoms with Gasteiger partial charge in [0.25, 0.3) is 0 Å². The summed E-state index contributed by atoms with van der Waals surface area (Å²) in [6, 6.07) is 6.54. The molecule has 3 aliphatic rings. The number of rotatable bonds is 7. The minimum Gasteiger partial charge on any atom is -0.396 e. The minimum atomic E-state index is -1.04. The smallest absolute Gasteiger partial charge is 0.247 e. The number of fused-ring (bicyclic) bond motifs is 2. The summed E-state index contributed by atoms with van der Waals surface area (Å²) >= 11 is 0. The van der Waals surface area contributed by atoms with Gasteiger partial charge in [-0.15, -0.1) is 5.10 Å². The average molecular weight is 442 g/mol. The number of aromatic nitrogens is 3. The summed E-state index contributed by atoms with van der Waals surface area (Å²) in [5.41, 5.74) is 0.455. The number of hydrogen-bond acceptors (Lipinski definition) is 7. The highest BCUT2D eigenvalue weighted by atomic mass is 16.5. The van der Waals surface area contributed by atoms with Crippen molar-refractivity contribution >= 4 is 28.8 Å². The van der Waals surface area contributed by atoms with E-state index in [0.717, 1.165) is 5.52 Å². The quantitative estimate of drug-likeness (QED) is 0.500. The third kappa shape index (κ3) is 2.91. The molecule has 11 heteroatoms. The van der Waals surface area contributed by atoms with E-state index in [1.54, 1.807) is 4.68 Å². The number of carbonyl (C=O) groups is 3. The molecule has 5 atom stereocenters. The van der Waals surface area contributed by atoms with Gasteiger partial charge in [0.2, 0.25) is 17.7 Å². The summed E-state index contributed by atoms with van der Waals surface area (Å²) in [5.74, 6) is -2.19. The molecule has 3 aliphatic heterocycles. The summed E-state index contributed by atoms with van der Waals surface area (Å²) in [6.07, 6.45) is 1.10. The average Bonchev–Trinajstić information content (AvgIpc) is 3.55. The zero-order valence-electron chi connectivity index (χ0n) is 17.7. The first-order chi connectivity index (χ1) is 15.5. The molecule has 3 saturated heterocycles. The van der Waals surface area contributed by atoms with Crippen molar-refractivity contribution in [2.24, 2.45) is 11.8 Å².